The van der Waals surface area contributed by atoms with E-state index in [4.69, 9.17) is 0 Å². The summed E-state index contributed by atoms with van der Waals surface area (Å²) in [5.41, 5.74) is 0. The molecule has 0 bridgehead atoms. The maximum absolute atomic E-state index is 10.8. The second-order valence-electron chi connectivity index (χ2n) is 2.82. The summed E-state index contributed by atoms with van der Waals surface area (Å²) < 4.78 is 0.216. The normalized spacial score (nSPS) is 32.8. The second-order valence-corrected chi connectivity index (χ2v) is 4.16. The molecule has 0 aromatic rings. The van der Waals surface area contributed by atoms with Crippen molar-refractivity contribution >= 4 is 17.5 Å². The van der Waals surface area contributed by atoms with Gasteiger partial charge in [0.25, 0.3) is 0 Å². The first-order valence-corrected chi connectivity index (χ1v) is 4.66. The molecular formula is C8H12OS. The molecule has 0 aromatic carbocycles. The minimum atomic E-state index is 0.216. The van der Waals surface area contributed by atoms with Gasteiger partial charge in [-0.25, -0.2) is 0 Å². The fraction of sp³-hybridized carbons (Fsp3) is 0.625. The lowest BCUT2D eigenvalue weighted by molar-refractivity contribution is -0.115. The lowest BCUT2D eigenvalue weighted by atomic mass is 9.96. The van der Waals surface area contributed by atoms with E-state index in [-0.39, 0.29) is 10.5 Å². The first-order chi connectivity index (χ1) is 4.66. The van der Waals surface area contributed by atoms with Crippen LogP contribution < -0.4 is 0 Å². The van der Waals surface area contributed by atoms with Crippen LogP contribution in [0.4, 0.5) is 0 Å². The van der Waals surface area contributed by atoms with Gasteiger partial charge >= 0.3 is 0 Å². The van der Waals surface area contributed by atoms with Crippen LogP contribution in [0.1, 0.15) is 19.8 Å². The van der Waals surface area contributed by atoms with Crippen molar-refractivity contribution in [2.75, 3.05) is 6.26 Å². The number of allylic oxidation sites excluding steroid dienone is 1. The van der Waals surface area contributed by atoms with E-state index >= 15 is 0 Å². The minimum absolute atomic E-state index is 0.216. The molecule has 0 aliphatic heterocycles. The van der Waals surface area contributed by atoms with Crippen LogP contribution in [0.15, 0.2) is 12.2 Å². The van der Waals surface area contributed by atoms with E-state index in [2.05, 4.69) is 13.2 Å². The van der Waals surface area contributed by atoms with Crippen molar-refractivity contribution in [2.24, 2.45) is 0 Å². The maximum Gasteiger partial charge on any atom is 0.155 e. The summed E-state index contributed by atoms with van der Waals surface area (Å²) >= 11 is 1.81. The maximum atomic E-state index is 10.8. The van der Waals surface area contributed by atoms with E-state index in [1.165, 1.54) is 0 Å². The number of thioether (sulfide) groups is 1. The Morgan fingerprint density at radius 2 is 2.40 bits per heavy atom. The Morgan fingerprint density at radius 3 is 2.80 bits per heavy atom. The van der Waals surface area contributed by atoms with Gasteiger partial charge in [0.15, 0.2) is 5.78 Å². The monoisotopic (exact) mass is 156 g/mol. The van der Waals surface area contributed by atoms with Crippen molar-refractivity contribution in [1.82, 2.24) is 0 Å². The molecule has 2 heteroatoms. The smallest absolute Gasteiger partial charge is 0.155 e. The van der Waals surface area contributed by atoms with Crippen LogP contribution >= 0.6 is 11.8 Å². The Hall–Kier alpha value is -0.240. The number of hydrogen-bond acceptors (Lipinski definition) is 2. The van der Waals surface area contributed by atoms with Crippen LogP contribution in [-0.4, -0.2) is 16.8 Å². The Kier molecular flexibility index (Phi) is 2.19. The van der Waals surface area contributed by atoms with Crippen molar-refractivity contribution in [3.8, 4) is 0 Å². The van der Waals surface area contributed by atoms with E-state index in [0.29, 0.717) is 6.42 Å². The van der Waals surface area contributed by atoms with Gasteiger partial charge < -0.3 is 0 Å². The third kappa shape index (κ3) is 1.63. The fourth-order valence-corrected chi connectivity index (χ4v) is 1.49. The van der Waals surface area contributed by atoms with E-state index in [1.807, 2.05) is 17.8 Å². The molecule has 56 valence electrons. The summed E-state index contributed by atoms with van der Waals surface area (Å²) in [4.78, 5) is 10.8. The van der Waals surface area contributed by atoms with Crippen LogP contribution in [0.5, 0.6) is 0 Å². The fourth-order valence-electron chi connectivity index (χ4n) is 0.977. The number of rotatable bonds is 1. The first-order valence-electron chi connectivity index (χ1n) is 3.43. The number of carbonyl (C=O) groups is 1. The number of hydrogen-bond donors (Lipinski definition) is 0. The molecule has 1 unspecified atom stereocenters. The van der Waals surface area contributed by atoms with E-state index in [9.17, 15) is 4.79 Å². The highest BCUT2D eigenvalue weighted by molar-refractivity contribution is 8.00. The third-order valence-corrected chi connectivity index (χ3v) is 3.23. The standard InChI is InChI=1S/C8H12OS/c1-8(10-2)5-3-7(9)4-6-8/h3,5H,4,6H2,1-2H3. The van der Waals surface area contributed by atoms with E-state index < -0.39 is 0 Å². The predicted octanol–water partition coefficient (Wildman–Crippen LogP) is 2.03. The number of carbonyl (C=O) groups excluding carboxylic acids is 1. The van der Waals surface area contributed by atoms with Crippen LogP contribution in [0.3, 0.4) is 0 Å². The van der Waals surface area contributed by atoms with Crippen LogP contribution in [-0.2, 0) is 4.79 Å². The molecule has 10 heavy (non-hydrogen) atoms. The molecule has 1 aliphatic rings. The highest BCUT2D eigenvalue weighted by Crippen LogP contribution is 2.31. The SMILES string of the molecule is CSC1(C)C=CC(=O)CC1. The quantitative estimate of drug-likeness (QED) is 0.578. The van der Waals surface area contributed by atoms with Gasteiger partial charge in [0.1, 0.15) is 0 Å². The van der Waals surface area contributed by atoms with Gasteiger partial charge in [0, 0.05) is 11.2 Å². The second kappa shape index (κ2) is 2.79. The summed E-state index contributed by atoms with van der Waals surface area (Å²) in [6.45, 7) is 2.17. The van der Waals surface area contributed by atoms with Gasteiger partial charge in [-0.3, -0.25) is 4.79 Å². The van der Waals surface area contributed by atoms with Gasteiger partial charge in [-0.05, 0) is 25.7 Å². The Bertz CT molecular complexity index is 174. The van der Waals surface area contributed by atoms with Crippen molar-refractivity contribution < 1.29 is 4.79 Å². The zero-order chi connectivity index (χ0) is 7.61. The van der Waals surface area contributed by atoms with Gasteiger partial charge in [0.05, 0.1) is 0 Å². The van der Waals surface area contributed by atoms with Gasteiger partial charge in [0.2, 0.25) is 0 Å². The molecule has 0 spiro atoms. The molecule has 0 fully saturated rings. The average Bonchev–Trinajstić information content (AvgIpc) is 1.96. The largest absolute Gasteiger partial charge is 0.295 e. The molecule has 0 saturated heterocycles. The molecule has 0 aromatic heterocycles. The summed E-state index contributed by atoms with van der Waals surface area (Å²) in [6.07, 6.45) is 7.51. The third-order valence-electron chi connectivity index (χ3n) is 1.96. The minimum Gasteiger partial charge on any atom is -0.295 e. The molecule has 1 aliphatic carbocycles. The van der Waals surface area contributed by atoms with Gasteiger partial charge in [-0.1, -0.05) is 6.08 Å². The highest BCUT2D eigenvalue weighted by atomic mass is 32.2. The Balaban J connectivity index is 2.68. The van der Waals surface area contributed by atoms with Gasteiger partial charge in [-0.2, -0.15) is 11.8 Å². The molecule has 0 radical (unpaired) electrons. The topological polar surface area (TPSA) is 17.1 Å². The summed E-state index contributed by atoms with van der Waals surface area (Å²) in [6, 6.07) is 0. The Labute approximate surface area is 65.9 Å². The molecule has 1 nitrogen and oxygen atoms in total. The van der Waals surface area contributed by atoms with Crippen LogP contribution in [0.2, 0.25) is 0 Å². The predicted molar refractivity (Wildman–Crippen MR) is 45.3 cm³/mol. The molecule has 1 atom stereocenters. The molecule has 0 heterocycles. The summed E-state index contributed by atoms with van der Waals surface area (Å²) in [7, 11) is 0. The average molecular weight is 156 g/mol. The first kappa shape index (κ1) is 7.86. The van der Waals surface area contributed by atoms with Crippen molar-refractivity contribution in [3.05, 3.63) is 12.2 Å². The van der Waals surface area contributed by atoms with Crippen molar-refractivity contribution in [3.63, 3.8) is 0 Å². The summed E-state index contributed by atoms with van der Waals surface area (Å²) in [5.74, 6) is 0.270. The van der Waals surface area contributed by atoms with E-state index in [1.54, 1.807) is 6.08 Å². The molecule has 0 saturated carbocycles. The molecule has 0 amide bonds. The summed E-state index contributed by atoms with van der Waals surface area (Å²) in [5, 5.41) is 0. The molecular weight excluding hydrogens is 144 g/mol. The Morgan fingerprint density at radius 1 is 1.70 bits per heavy atom. The molecule has 1 rings (SSSR count). The zero-order valence-corrected chi connectivity index (χ0v) is 7.20. The van der Waals surface area contributed by atoms with Crippen molar-refractivity contribution in [2.45, 2.75) is 24.5 Å². The van der Waals surface area contributed by atoms with Crippen LogP contribution in [0, 0.1) is 0 Å². The van der Waals surface area contributed by atoms with Crippen molar-refractivity contribution in [1.29, 1.82) is 0 Å². The van der Waals surface area contributed by atoms with Gasteiger partial charge in [-0.15, -0.1) is 0 Å². The highest BCUT2D eigenvalue weighted by Gasteiger charge is 2.23. The van der Waals surface area contributed by atoms with Crippen LogP contribution in [0.25, 0.3) is 0 Å². The lowest BCUT2D eigenvalue weighted by Gasteiger charge is -2.25. The lowest BCUT2D eigenvalue weighted by Crippen LogP contribution is -2.21. The zero-order valence-electron chi connectivity index (χ0n) is 6.39. The molecule has 0 N–H and O–H groups in total. The van der Waals surface area contributed by atoms with E-state index in [0.717, 1.165) is 6.42 Å². The number of ketones is 1.